The maximum atomic E-state index is 12.8. The van der Waals surface area contributed by atoms with E-state index in [0.717, 1.165) is 57.0 Å². The Morgan fingerprint density at radius 3 is 1.79 bits per heavy atom. The SMILES string of the molecule is CCCCP(Cl)(CCCC)(CCCC)CC(=O)Oc1ccc(NC(C)=O)cc1. The molecular weight excluding hydrogens is 393 g/mol. The fourth-order valence-corrected chi connectivity index (χ4v) is 10.1. The van der Waals surface area contributed by atoms with Crippen molar-refractivity contribution in [1.82, 2.24) is 0 Å². The molecule has 0 radical (unpaired) electrons. The summed E-state index contributed by atoms with van der Waals surface area (Å²) in [6.07, 6.45) is 9.67. The zero-order valence-corrected chi connectivity index (χ0v) is 19.6. The van der Waals surface area contributed by atoms with Gasteiger partial charge in [0.05, 0.1) is 0 Å². The van der Waals surface area contributed by atoms with Crippen molar-refractivity contribution in [3.05, 3.63) is 24.3 Å². The molecular formula is C22H37ClNO3P. The summed E-state index contributed by atoms with van der Waals surface area (Å²) in [6.45, 7) is 7.98. The molecule has 0 unspecified atom stereocenters. The number of hydrogen-bond donors (Lipinski definition) is 1. The average Bonchev–Trinajstić information content (AvgIpc) is 2.65. The predicted molar refractivity (Wildman–Crippen MR) is 123 cm³/mol. The van der Waals surface area contributed by atoms with E-state index >= 15 is 0 Å². The Morgan fingerprint density at radius 1 is 0.929 bits per heavy atom. The van der Waals surface area contributed by atoms with Crippen molar-refractivity contribution in [1.29, 1.82) is 0 Å². The molecule has 0 aliphatic rings. The zero-order chi connectivity index (χ0) is 21.1. The minimum atomic E-state index is -2.66. The summed E-state index contributed by atoms with van der Waals surface area (Å²) in [5.41, 5.74) is 0.679. The molecule has 0 fully saturated rings. The third kappa shape index (κ3) is 8.49. The van der Waals surface area contributed by atoms with Gasteiger partial charge < -0.3 is 0 Å². The molecule has 28 heavy (non-hydrogen) atoms. The molecule has 4 nitrogen and oxygen atoms in total. The molecule has 1 aromatic carbocycles. The quantitative estimate of drug-likeness (QED) is 0.217. The van der Waals surface area contributed by atoms with Crippen LogP contribution in [0.3, 0.4) is 0 Å². The topological polar surface area (TPSA) is 55.4 Å². The van der Waals surface area contributed by atoms with Crippen molar-refractivity contribution in [3.8, 4) is 5.75 Å². The van der Waals surface area contributed by atoms with E-state index in [0.29, 0.717) is 17.6 Å². The number of carbonyl (C=O) groups is 2. The van der Waals surface area contributed by atoms with E-state index in [4.69, 9.17) is 16.0 Å². The molecule has 160 valence electrons. The number of ether oxygens (including phenoxy) is 1. The van der Waals surface area contributed by atoms with Crippen LogP contribution in [0.25, 0.3) is 0 Å². The summed E-state index contributed by atoms with van der Waals surface area (Å²) < 4.78 is 5.63. The molecule has 0 aliphatic carbocycles. The van der Waals surface area contributed by atoms with E-state index in [9.17, 15) is 9.59 Å². The van der Waals surface area contributed by atoms with Crippen molar-refractivity contribution in [2.24, 2.45) is 0 Å². The Bertz CT molecular complexity index is 609. The van der Waals surface area contributed by atoms with Crippen LogP contribution in [0.5, 0.6) is 5.75 Å². The first-order valence-electron chi connectivity index (χ1n) is 10.5. The molecule has 1 rings (SSSR count). The van der Waals surface area contributed by atoms with Crippen LogP contribution in [0.2, 0.25) is 0 Å². The van der Waals surface area contributed by atoms with Crippen molar-refractivity contribution in [2.75, 3.05) is 30.0 Å². The molecule has 6 heteroatoms. The summed E-state index contributed by atoms with van der Waals surface area (Å²) in [6, 6.07) is 6.87. The number of carbonyl (C=O) groups excluding carboxylic acids is 2. The second-order valence-electron chi connectivity index (χ2n) is 7.89. The normalized spacial score (nSPS) is 12.8. The number of unbranched alkanes of at least 4 members (excludes halogenated alkanes) is 3. The summed E-state index contributed by atoms with van der Waals surface area (Å²) in [4.78, 5) is 24.0. The van der Waals surface area contributed by atoms with Crippen LogP contribution in [-0.2, 0) is 9.59 Å². The number of benzene rings is 1. The average molecular weight is 430 g/mol. The number of amides is 1. The minimum absolute atomic E-state index is 0.132. The Labute approximate surface area is 175 Å². The Balaban J connectivity index is 2.92. The number of esters is 1. The second-order valence-corrected chi connectivity index (χ2v) is 16.1. The van der Waals surface area contributed by atoms with Gasteiger partial charge in [-0.15, -0.1) is 0 Å². The molecule has 0 aliphatic heterocycles. The van der Waals surface area contributed by atoms with Gasteiger partial charge in [0.15, 0.2) is 0 Å². The van der Waals surface area contributed by atoms with Crippen molar-refractivity contribution in [2.45, 2.75) is 66.2 Å². The predicted octanol–water partition coefficient (Wildman–Crippen LogP) is 6.66. The van der Waals surface area contributed by atoms with Gasteiger partial charge in [0.25, 0.3) is 0 Å². The number of nitrogens with one attached hydrogen (secondary N) is 1. The Kier molecular flexibility index (Phi) is 10.5. The molecule has 0 saturated carbocycles. The number of hydrogen-bond acceptors (Lipinski definition) is 3. The standard InChI is InChI=1S/C22H37ClNO3P/c1-5-8-15-28(23,16-9-6-2,17-10-7-3)18-22(26)27-21-13-11-20(12-14-21)24-19(4)25/h11-14H,5-10,15-18H2,1-4H3,(H,24,25). The molecule has 1 aromatic rings. The first kappa shape index (κ1) is 24.9. The summed E-state index contributed by atoms with van der Waals surface area (Å²) >= 11 is 7.46. The van der Waals surface area contributed by atoms with Gasteiger partial charge in [0.1, 0.15) is 0 Å². The van der Waals surface area contributed by atoms with E-state index in [-0.39, 0.29) is 11.9 Å². The van der Waals surface area contributed by atoms with Crippen LogP contribution in [-0.4, -0.2) is 36.5 Å². The molecule has 0 aromatic heterocycles. The van der Waals surface area contributed by atoms with Gasteiger partial charge in [-0.25, -0.2) is 0 Å². The van der Waals surface area contributed by atoms with Gasteiger partial charge >= 0.3 is 175 Å². The second kappa shape index (κ2) is 11.8. The van der Waals surface area contributed by atoms with Crippen LogP contribution in [0, 0.1) is 0 Å². The molecule has 0 heterocycles. The van der Waals surface area contributed by atoms with Crippen LogP contribution in [0.4, 0.5) is 5.69 Å². The molecule has 1 amide bonds. The first-order chi connectivity index (χ1) is 13.2. The van der Waals surface area contributed by atoms with Crippen LogP contribution in [0.1, 0.15) is 66.2 Å². The van der Waals surface area contributed by atoms with Gasteiger partial charge in [-0.2, -0.15) is 0 Å². The maximum absolute atomic E-state index is 12.8. The molecule has 0 bridgehead atoms. The zero-order valence-electron chi connectivity index (χ0n) is 17.9. The molecule has 0 spiro atoms. The third-order valence-electron chi connectivity index (χ3n) is 5.14. The number of halogens is 1. The summed E-state index contributed by atoms with van der Waals surface area (Å²) in [7, 11) is 0. The molecule has 1 N–H and O–H groups in total. The fraction of sp³-hybridized carbons (Fsp3) is 0.636. The van der Waals surface area contributed by atoms with Gasteiger partial charge in [-0.1, -0.05) is 0 Å². The number of anilines is 1. The molecule has 0 atom stereocenters. The third-order valence-corrected chi connectivity index (χ3v) is 12.4. The Morgan fingerprint density at radius 2 is 1.39 bits per heavy atom. The monoisotopic (exact) mass is 429 g/mol. The van der Waals surface area contributed by atoms with Crippen LogP contribution >= 0.6 is 17.2 Å². The van der Waals surface area contributed by atoms with Crippen LogP contribution < -0.4 is 10.1 Å². The number of rotatable bonds is 13. The fourth-order valence-electron chi connectivity index (χ4n) is 3.53. The van der Waals surface area contributed by atoms with Gasteiger partial charge in [-0.05, 0) is 0 Å². The van der Waals surface area contributed by atoms with Crippen molar-refractivity contribution >= 4 is 34.8 Å². The van der Waals surface area contributed by atoms with Gasteiger partial charge in [0.2, 0.25) is 0 Å². The van der Waals surface area contributed by atoms with Crippen LogP contribution in [0.15, 0.2) is 24.3 Å². The first-order valence-corrected chi connectivity index (χ1v) is 14.4. The van der Waals surface area contributed by atoms with E-state index in [1.807, 2.05) is 0 Å². The van der Waals surface area contributed by atoms with Crippen molar-refractivity contribution in [3.63, 3.8) is 0 Å². The molecule has 0 saturated heterocycles. The summed E-state index contributed by atoms with van der Waals surface area (Å²) in [5, 5.41) is 2.71. The van der Waals surface area contributed by atoms with E-state index < -0.39 is 5.96 Å². The van der Waals surface area contributed by atoms with Crippen molar-refractivity contribution < 1.29 is 14.3 Å². The van der Waals surface area contributed by atoms with E-state index in [2.05, 4.69) is 26.1 Å². The van der Waals surface area contributed by atoms with E-state index in [1.165, 1.54) is 6.92 Å². The van der Waals surface area contributed by atoms with Gasteiger partial charge in [0, 0.05) is 0 Å². The Hall–Kier alpha value is -1.12. The summed E-state index contributed by atoms with van der Waals surface area (Å²) in [5.74, 6) is -2.54. The van der Waals surface area contributed by atoms with E-state index in [1.54, 1.807) is 24.3 Å². The van der Waals surface area contributed by atoms with Gasteiger partial charge in [-0.3, -0.25) is 0 Å².